The van der Waals surface area contributed by atoms with Crippen molar-refractivity contribution >= 4 is 29.8 Å². The first-order valence-electron chi connectivity index (χ1n) is 6.04. The van der Waals surface area contributed by atoms with Crippen LogP contribution in [0.2, 0.25) is 0 Å². The van der Waals surface area contributed by atoms with E-state index in [0.29, 0.717) is 0 Å². The minimum Gasteiger partial charge on any atom is -0.481 e. The number of carbonyl (C=O) groups excluding carboxylic acids is 3. The summed E-state index contributed by atoms with van der Waals surface area (Å²) < 4.78 is 0. The Morgan fingerprint density at radius 3 is 2.38 bits per heavy atom. The Hall–Kier alpha value is -2.65. The number of amides is 4. The molecule has 0 spiro atoms. The van der Waals surface area contributed by atoms with E-state index in [2.05, 4.69) is 10.6 Å². The van der Waals surface area contributed by atoms with Crippen molar-refractivity contribution in [2.45, 2.75) is 31.3 Å². The van der Waals surface area contributed by atoms with Gasteiger partial charge >= 0.3 is 18.0 Å². The van der Waals surface area contributed by atoms with E-state index >= 15 is 0 Å². The third kappa shape index (κ3) is 4.44. The predicted octanol–water partition coefficient (Wildman–Crippen LogP) is -1.64. The lowest BCUT2D eigenvalue weighted by molar-refractivity contribution is -0.141. The van der Waals surface area contributed by atoms with Gasteiger partial charge in [0.2, 0.25) is 5.91 Å². The monoisotopic (exact) mass is 301 g/mol. The Balaban J connectivity index is 2.54. The van der Waals surface area contributed by atoms with E-state index in [1.54, 1.807) is 0 Å². The van der Waals surface area contributed by atoms with Gasteiger partial charge in [-0.2, -0.15) is 0 Å². The number of hydrogen-bond acceptors (Lipinski definition) is 5. The first-order chi connectivity index (χ1) is 9.72. The molecule has 0 aliphatic carbocycles. The van der Waals surface area contributed by atoms with Gasteiger partial charge in [0.15, 0.2) is 0 Å². The van der Waals surface area contributed by atoms with Gasteiger partial charge in [-0.15, -0.1) is 0 Å². The van der Waals surface area contributed by atoms with Crippen LogP contribution in [0.3, 0.4) is 0 Å². The lowest BCUT2D eigenvalue weighted by Gasteiger charge is -2.16. The number of rotatable bonds is 6. The average molecular weight is 301 g/mol. The normalized spacial score (nSPS) is 19.3. The highest BCUT2D eigenvalue weighted by atomic mass is 16.4. The van der Waals surface area contributed by atoms with Gasteiger partial charge < -0.3 is 20.8 Å². The summed E-state index contributed by atoms with van der Waals surface area (Å²) in [6.45, 7) is 0. The molecule has 1 aliphatic heterocycles. The standard InChI is InChI=1S/C11H15N3O7/c1-14-7(15)4-6(9(14)18)13-11(21)12-5(10(19)20)2-3-8(16)17/h5-6H,2-4H2,1H3,(H,16,17)(H,19,20)(H2,12,13,21). The molecule has 0 aromatic heterocycles. The van der Waals surface area contributed by atoms with Crippen molar-refractivity contribution in [1.29, 1.82) is 0 Å². The number of carboxylic acids is 2. The number of likely N-dealkylation sites (N-methyl/N-ethyl adjacent to an activating group) is 1. The van der Waals surface area contributed by atoms with Crippen LogP contribution in [0.1, 0.15) is 19.3 Å². The second-order valence-electron chi connectivity index (χ2n) is 4.49. The highest BCUT2D eigenvalue weighted by Gasteiger charge is 2.37. The maximum absolute atomic E-state index is 11.6. The first kappa shape index (κ1) is 16.4. The SMILES string of the molecule is CN1C(=O)CC(NC(=O)NC(CCC(=O)O)C(=O)O)C1=O. The molecule has 1 saturated heterocycles. The number of likely N-dealkylation sites (tertiary alicyclic amines) is 1. The number of carboxylic acid groups (broad SMARTS) is 2. The summed E-state index contributed by atoms with van der Waals surface area (Å²) in [5.74, 6) is -3.63. The summed E-state index contributed by atoms with van der Waals surface area (Å²) in [5.41, 5.74) is 0. The number of carbonyl (C=O) groups is 5. The Labute approximate surface area is 119 Å². The zero-order chi connectivity index (χ0) is 16.2. The van der Waals surface area contributed by atoms with Crippen LogP contribution in [0.4, 0.5) is 4.79 Å². The number of urea groups is 1. The van der Waals surface area contributed by atoms with Gasteiger partial charge in [0, 0.05) is 13.5 Å². The summed E-state index contributed by atoms with van der Waals surface area (Å²) in [7, 11) is 1.27. The Morgan fingerprint density at radius 1 is 1.33 bits per heavy atom. The van der Waals surface area contributed by atoms with Crippen LogP contribution in [-0.2, 0) is 19.2 Å². The van der Waals surface area contributed by atoms with Gasteiger partial charge in [-0.3, -0.25) is 19.3 Å². The van der Waals surface area contributed by atoms with Crippen LogP contribution in [0.25, 0.3) is 0 Å². The fourth-order valence-electron chi connectivity index (χ4n) is 1.75. The first-order valence-corrected chi connectivity index (χ1v) is 6.04. The molecular formula is C11H15N3O7. The lowest BCUT2D eigenvalue weighted by Crippen LogP contribution is -2.50. The van der Waals surface area contributed by atoms with Gasteiger partial charge in [0.05, 0.1) is 6.42 Å². The number of hydrogen-bond donors (Lipinski definition) is 4. The van der Waals surface area contributed by atoms with Crippen LogP contribution in [-0.4, -0.2) is 64.0 Å². The number of imide groups is 1. The van der Waals surface area contributed by atoms with Crippen molar-refractivity contribution in [3.05, 3.63) is 0 Å². The maximum Gasteiger partial charge on any atom is 0.326 e. The number of aliphatic carboxylic acids is 2. The summed E-state index contributed by atoms with van der Waals surface area (Å²) in [6, 6.07) is -3.39. The van der Waals surface area contributed by atoms with Crippen LogP contribution in [0.5, 0.6) is 0 Å². The molecule has 2 unspecified atom stereocenters. The predicted molar refractivity (Wildman–Crippen MR) is 66.1 cm³/mol. The Kier molecular flexibility index (Phi) is 5.22. The quantitative estimate of drug-likeness (QED) is 0.429. The molecule has 4 N–H and O–H groups in total. The van der Waals surface area contributed by atoms with Crippen LogP contribution in [0.15, 0.2) is 0 Å². The van der Waals surface area contributed by atoms with Crippen LogP contribution < -0.4 is 10.6 Å². The molecule has 10 nitrogen and oxygen atoms in total. The van der Waals surface area contributed by atoms with Gasteiger partial charge in [-0.05, 0) is 6.42 Å². The number of nitrogens with one attached hydrogen (secondary N) is 2. The minimum atomic E-state index is -1.40. The molecule has 10 heteroatoms. The molecule has 21 heavy (non-hydrogen) atoms. The smallest absolute Gasteiger partial charge is 0.326 e. The minimum absolute atomic E-state index is 0.199. The third-order valence-corrected chi connectivity index (χ3v) is 2.94. The summed E-state index contributed by atoms with van der Waals surface area (Å²) in [5, 5.41) is 21.6. The molecule has 0 bridgehead atoms. The molecule has 1 rings (SSSR count). The van der Waals surface area contributed by atoms with Gasteiger partial charge in [-0.1, -0.05) is 0 Å². The highest BCUT2D eigenvalue weighted by molar-refractivity contribution is 6.06. The average Bonchev–Trinajstić information content (AvgIpc) is 2.61. The molecule has 1 fully saturated rings. The van der Waals surface area contributed by atoms with Crippen LogP contribution >= 0.6 is 0 Å². The van der Waals surface area contributed by atoms with E-state index in [1.165, 1.54) is 7.05 Å². The Bertz CT molecular complexity index is 490. The summed E-state index contributed by atoms with van der Waals surface area (Å²) in [6.07, 6.45) is -0.925. The van der Waals surface area contributed by atoms with Crippen molar-refractivity contribution in [1.82, 2.24) is 15.5 Å². The van der Waals surface area contributed by atoms with E-state index < -0.39 is 48.3 Å². The maximum atomic E-state index is 11.6. The lowest BCUT2D eigenvalue weighted by atomic mass is 10.1. The zero-order valence-electron chi connectivity index (χ0n) is 11.2. The van der Waals surface area contributed by atoms with E-state index in [0.717, 1.165) is 4.90 Å². The van der Waals surface area contributed by atoms with Gasteiger partial charge in [-0.25, -0.2) is 9.59 Å². The van der Waals surface area contributed by atoms with Gasteiger partial charge in [0.1, 0.15) is 12.1 Å². The second kappa shape index (κ2) is 6.68. The van der Waals surface area contributed by atoms with E-state index in [-0.39, 0.29) is 12.8 Å². The van der Waals surface area contributed by atoms with Crippen molar-refractivity contribution in [2.24, 2.45) is 0 Å². The number of nitrogens with zero attached hydrogens (tertiary/aromatic N) is 1. The second-order valence-corrected chi connectivity index (χ2v) is 4.49. The van der Waals surface area contributed by atoms with E-state index in [1.807, 2.05) is 0 Å². The highest BCUT2D eigenvalue weighted by Crippen LogP contribution is 2.10. The van der Waals surface area contributed by atoms with E-state index in [9.17, 15) is 24.0 Å². The molecule has 0 aromatic rings. The molecule has 0 radical (unpaired) electrons. The van der Waals surface area contributed by atoms with Crippen molar-refractivity contribution in [2.75, 3.05) is 7.05 Å². The third-order valence-electron chi connectivity index (χ3n) is 2.94. The van der Waals surface area contributed by atoms with Crippen molar-refractivity contribution in [3.8, 4) is 0 Å². The van der Waals surface area contributed by atoms with Crippen molar-refractivity contribution < 1.29 is 34.2 Å². The fourth-order valence-corrected chi connectivity index (χ4v) is 1.75. The summed E-state index contributed by atoms with van der Waals surface area (Å²) in [4.78, 5) is 56.6. The molecule has 0 aromatic carbocycles. The molecule has 1 aliphatic rings. The topological polar surface area (TPSA) is 153 Å². The van der Waals surface area contributed by atoms with Crippen LogP contribution in [0, 0.1) is 0 Å². The fraction of sp³-hybridized carbons (Fsp3) is 0.545. The largest absolute Gasteiger partial charge is 0.481 e. The van der Waals surface area contributed by atoms with Gasteiger partial charge in [0.25, 0.3) is 5.91 Å². The molecule has 4 amide bonds. The molecule has 0 saturated carbocycles. The Morgan fingerprint density at radius 2 is 1.95 bits per heavy atom. The summed E-state index contributed by atoms with van der Waals surface area (Å²) >= 11 is 0. The van der Waals surface area contributed by atoms with E-state index in [4.69, 9.17) is 10.2 Å². The van der Waals surface area contributed by atoms with Crippen molar-refractivity contribution in [3.63, 3.8) is 0 Å². The molecule has 1 heterocycles. The molecule has 2 atom stereocenters. The zero-order valence-corrected chi connectivity index (χ0v) is 11.2. The molecular weight excluding hydrogens is 286 g/mol. The molecule has 116 valence electrons.